The smallest absolute Gasteiger partial charge is 0.329 e. The molecule has 0 bridgehead atoms. The van der Waals surface area contributed by atoms with Gasteiger partial charge in [-0.25, -0.2) is 9.78 Å². The van der Waals surface area contributed by atoms with Gasteiger partial charge < -0.3 is 15.0 Å². The Kier molecular flexibility index (Phi) is 5.75. The molecule has 8 heteroatoms. The summed E-state index contributed by atoms with van der Waals surface area (Å²) in [5.74, 6) is -0.843. The molecule has 0 aliphatic carbocycles. The number of para-hydroxylation sites is 1. The van der Waals surface area contributed by atoms with E-state index in [1.165, 1.54) is 6.92 Å². The number of halogens is 1. The maximum absolute atomic E-state index is 12.3. The van der Waals surface area contributed by atoms with Gasteiger partial charge in [0.1, 0.15) is 6.04 Å². The Hall–Kier alpha value is -3.19. The summed E-state index contributed by atoms with van der Waals surface area (Å²) in [7, 11) is 0. The SMILES string of the molecule is C[C@H](NC(=O)c1ccc(Cl)cc1)C(=O)O[C@H](C)c1nc2ccccc2c(=O)[nH]1. The number of nitrogens with zero attached hydrogens (tertiary/aromatic N) is 1. The molecule has 1 aromatic heterocycles. The van der Waals surface area contributed by atoms with E-state index in [0.717, 1.165) is 0 Å². The lowest BCUT2D eigenvalue weighted by Crippen LogP contribution is -2.40. The number of ether oxygens (including phenoxy) is 1. The van der Waals surface area contributed by atoms with E-state index in [-0.39, 0.29) is 11.4 Å². The third-order valence-electron chi connectivity index (χ3n) is 4.12. The number of aromatic nitrogens is 2. The van der Waals surface area contributed by atoms with Gasteiger partial charge in [-0.05, 0) is 50.2 Å². The molecule has 0 saturated heterocycles. The van der Waals surface area contributed by atoms with Gasteiger partial charge in [0.05, 0.1) is 10.9 Å². The van der Waals surface area contributed by atoms with Crippen molar-refractivity contribution in [1.29, 1.82) is 0 Å². The van der Waals surface area contributed by atoms with Crippen LogP contribution in [0.2, 0.25) is 5.02 Å². The summed E-state index contributed by atoms with van der Waals surface area (Å²) < 4.78 is 5.35. The lowest BCUT2D eigenvalue weighted by atomic mass is 10.2. The van der Waals surface area contributed by atoms with Gasteiger partial charge in [-0.3, -0.25) is 9.59 Å². The molecule has 1 amide bonds. The number of carbonyl (C=O) groups excluding carboxylic acids is 2. The number of carbonyl (C=O) groups is 2. The number of fused-ring (bicyclic) bond motifs is 1. The van der Waals surface area contributed by atoms with Crippen molar-refractivity contribution in [3.05, 3.63) is 75.3 Å². The minimum absolute atomic E-state index is 0.230. The molecule has 7 nitrogen and oxygen atoms in total. The Morgan fingerprint density at radius 1 is 1.11 bits per heavy atom. The number of hydrogen-bond donors (Lipinski definition) is 2. The number of nitrogens with one attached hydrogen (secondary N) is 2. The molecule has 0 unspecified atom stereocenters. The predicted octanol–water partition coefficient (Wildman–Crippen LogP) is 3.00. The van der Waals surface area contributed by atoms with Crippen LogP contribution in [0.4, 0.5) is 0 Å². The zero-order chi connectivity index (χ0) is 20.3. The number of aromatic amines is 1. The number of rotatable bonds is 5. The molecular formula is C20H18ClN3O4. The highest BCUT2D eigenvalue weighted by atomic mass is 35.5. The van der Waals surface area contributed by atoms with Gasteiger partial charge in [0.15, 0.2) is 11.9 Å². The van der Waals surface area contributed by atoms with Gasteiger partial charge in [0.25, 0.3) is 11.5 Å². The van der Waals surface area contributed by atoms with Crippen LogP contribution in [0.15, 0.2) is 53.3 Å². The third-order valence-corrected chi connectivity index (χ3v) is 4.37. The Bertz CT molecular complexity index is 1080. The largest absolute Gasteiger partial charge is 0.453 e. The lowest BCUT2D eigenvalue weighted by Gasteiger charge is -2.17. The molecule has 0 fully saturated rings. The average Bonchev–Trinajstić information content (AvgIpc) is 2.68. The molecule has 0 aliphatic heterocycles. The molecule has 144 valence electrons. The van der Waals surface area contributed by atoms with Crippen molar-refractivity contribution in [3.63, 3.8) is 0 Å². The highest BCUT2D eigenvalue weighted by Crippen LogP contribution is 2.15. The van der Waals surface area contributed by atoms with E-state index in [1.807, 2.05) is 0 Å². The molecule has 3 rings (SSSR count). The van der Waals surface area contributed by atoms with E-state index in [2.05, 4.69) is 15.3 Å². The molecule has 2 atom stereocenters. The van der Waals surface area contributed by atoms with Crippen LogP contribution < -0.4 is 10.9 Å². The van der Waals surface area contributed by atoms with Crippen molar-refractivity contribution < 1.29 is 14.3 Å². The molecule has 3 aromatic rings. The van der Waals surface area contributed by atoms with Crippen LogP contribution in [-0.2, 0) is 9.53 Å². The molecule has 2 aromatic carbocycles. The van der Waals surface area contributed by atoms with Crippen LogP contribution in [-0.4, -0.2) is 27.9 Å². The van der Waals surface area contributed by atoms with Gasteiger partial charge in [0.2, 0.25) is 0 Å². The number of H-pyrrole nitrogens is 1. The van der Waals surface area contributed by atoms with Crippen molar-refractivity contribution in [2.75, 3.05) is 0 Å². The van der Waals surface area contributed by atoms with Crippen molar-refractivity contribution in [1.82, 2.24) is 15.3 Å². The second-order valence-electron chi connectivity index (χ2n) is 6.25. The van der Waals surface area contributed by atoms with Gasteiger partial charge >= 0.3 is 5.97 Å². The van der Waals surface area contributed by atoms with Crippen LogP contribution in [0, 0.1) is 0 Å². The summed E-state index contributed by atoms with van der Waals surface area (Å²) in [6.07, 6.45) is -0.792. The Morgan fingerprint density at radius 3 is 2.50 bits per heavy atom. The van der Waals surface area contributed by atoms with E-state index in [1.54, 1.807) is 55.5 Å². The highest BCUT2D eigenvalue weighted by molar-refractivity contribution is 6.30. The van der Waals surface area contributed by atoms with Crippen molar-refractivity contribution in [2.24, 2.45) is 0 Å². The fraction of sp³-hybridized carbons (Fsp3) is 0.200. The molecule has 0 radical (unpaired) electrons. The first-order valence-corrected chi connectivity index (χ1v) is 8.99. The molecule has 0 spiro atoms. The van der Waals surface area contributed by atoms with Crippen LogP contribution in [0.25, 0.3) is 10.9 Å². The summed E-state index contributed by atoms with van der Waals surface area (Å²) in [6, 6.07) is 12.3. The second kappa shape index (κ2) is 8.22. The van der Waals surface area contributed by atoms with E-state index >= 15 is 0 Å². The van der Waals surface area contributed by atoms with Gasteiger partial charge in [-0.15, -0.1) is 0 Å². The van der Waals surface area contributed by atoms with Crippen molar-refractivity contribution in [2.45, 2.75) is 26.0 Å². The molecular weight excluding hydrogens is 382 g/mol. The predicted molar refractivity (Wildman–Crippen MR) is 105 cm³/mol. The summed E-state index contributed by atoms with van der Waals surface area (Å²) >= 11 is 5.80. The molecule has 0 saturated carbocycles. The van der Waals surface area contributed by atoms with Crippen LogP contribution in [0.3, 0.4) is 0 Å². The number of amides is 1. The number of esters is 1. The highest BCUT2D eigenvalue weighted by Gasteiger charge is 2.22. The average molecular weight is 400 g/mol. The number of benzene rings is 2. The van der Waals surface area contributed by atoms with Gasteiger partial charge in [-0.2, -0.15) is 0 Å². The monoisotopic (exact) mass is 399 g/mol. The standard InChI is InChI=1S/C20H18ClN3O4/c1-11(22-18(25)13-7-9-14(21)10-8-13)20(27)28-12(2)17-23-16-6-4-3-5-15(16)19(26)24-17/h3-12H,1-2H3,(H,22,25)(H,23,24,26)/t11-,12+/m0/s1. The van der Waals surface area contributed by atoms with Crippen molar-refractivity contribution in [3.8, 4) is 0 Å². The third kappa shape index (κ3) is 4.37. The van der Waals surface area contributed by atoms with E-state index in [4.69, 9.17) is 16.3 Å². The van der Waals surface area contributed by atoms with E-state index < -0.39 is 24.0 Å². The van der Waals surface area contributed by atoms with Crippen LogP contribution >= 0.6 is 11.6 Å². The summed E-state index contributed by atoms with van der Waals surface area (Å²) in [6.45, 7) is 3.11. The summed E-state index contributed by atoms with van der Waals surface area (Å²) in [5.41, 5.74) is 0.568. The minimum atomic E-state index is -0.891. The fourth-order valence-corrected chi connectivity index (χ4v) is 2.70. The zero-order valence-corrected chi connectivity index (χ0v) is 16.0. The first-order valence-electron chi connectivity index (χ1n) is 8.61. The van der Waals surface area contributed by atoms with Crippen molar-refractivity contribution >= 4 is 34.4 Å². The second-order valence-corrected chi connectivity index (χ2v) is 6.69. The quantitative estimate of drug-likeness (QED) is 0.642. The lowest BCUT2D eigenvalue weighted by molar-refractivity contribution is -0.150. The van der Waals surface area contributed by atoms with E-state index in [0.29, 0.717) is 21.5 Å². The normalized spacial score (nSPS) is 13.0. The summed E-state index contributed by atoms with van der Waals surface area (Å²) in [4.78, 5) is 43.6. The molecule has 0 aliphatic rings. The maximum Gasteiger partial charge on any atom is 0.329 e. The fourth-order valence-electron chi connectivity index (χ4n) is 2.57. The topological polar surface area (TPSA) is 101 Å². The first kappa shape index (κ1) is 19.6. The number of hydrogen-bond acceptors (Lipinski definition) is 5. The Labute approximate surface area is 165 Å². The van der Waals surface area contributed by atoms with E-state index in [9.17, 15) is 14.4 Å². The molecule has 2 N–H and O–H groups in total. The van der Waals surface area contributed by atoms with Crippen LogP contribution in [0.1, 0.15) is 36.1 Å². The Balaban J connectivity index is 1.67. The van der Waals surface area contributed by atoms with Crippen LogP contribution in [0.5, 0.6) is 0 Å². The zero-order valence-electron chi connectivity index (χ0n) is 15.2. The first-order chi connectivity index (χ1) is 13.3. The van der Waals surface area contributed by atoms with Gasteiger partial charge in [0, 0.05) is 10.6 Å². The minimum Gasteiger partial charge on any atom is -0.453 e. The molecule has 28 heavy (non-hydrogen) atoms. The molecule has 1 heterocycles. The van der Waals surface area contributed by atoms with Gasteiger partial charge in [-0.1, -0.05) is 23.7 Å². The summed E-state index contributed by atoms with van der Waals surface area (Å²) in [5, 5.41) is 3.53. The maximum atomic E-state index is 12.3. The Morgan fingerprint density at radius 2 is 1.79 bits per heavy atom.